The number of fused-ring (bicyclic) bond motifs is 1. The van der Waals surface area contributed by atoms with E-state index in [4.69, 9.17) is 9.15 Å². The summed E-state index contributed by atoms with van der Waals surface area (Å²) in [5.41, 5.74) is 1.18. The van der Waals surface area contributed by atoms with E-state index in [2.05, 4.69) is 4.98 Å². The van der Waals surface area contributed by atoms with Crippen LogP contribution < -0.4 is 0 Å². The molecule has 7 nitrogen and oxygen atoms in total. The maximum atomic E-state index is 12.8. The van der Waals surface area contributed by atoms with E-state index >= 15 is 0 Å². The molecule has 0 radical (unpaired) electrons. The summed E-state index contributed by atoms with van der Waals surface area (Å²) in [6, 6.07) is 9.11. The van der Waals surface area contributed by atoms with Gasteiger partial charge in [0.25, 0.3) is 11.8 Å². The number of thiazole rings is 1. The van der Waals surface area contributed by atoms with Crippen LogP contribution in [0.15, 0.2) is 52.5 Å². The normalized spacial score (nSPS) is 14.4. The summed E-state index contributed by atoms with van der Waals surface area (Å²) in [4.78, 5) is 43.7. The summed E-state index contributed by atoms with van der Waals surface area (Å²) >= 11 is 1.38. The second-order valence-corrected chi connectivity index (χ2v) is 7.80. The molecule has 0 aliphatic carbocycles. The molecule has 3 heterocycles. The first-order valence-corrected chi connectivity index (χ1v) is 9.97. The van der Waals surface area contributed by atoms with Crippen molar-refractivity contribution in [3.05, 3.63) is 64.9 Å². The van der Waals surface area contributed by atoms with Crippen LogP contribution in [0.5, 0.6) is 0 Å². The molecule has 0 bridgehead atoms. The number of hydrogen-bond donors (Lipinski definition) is 0. The van der Waals surface area contributed by atoms with Crippen molar-refractivity contribution in [2.75, 3.05) is 0 Å². The Hall–Kier alpha value is -3.26. The number of rotatable bonds is 6. The lowest BCUT2D eigenvalue weighted by Crippen LogP contribution is -2.48. The van der Waals surface area contributed by atoms with Gasteiger partial charge < -0.3 is 9.15 Å². The average molecular weight is 410 g/mol. The van der Waals surface area contributed by atoms with Crippen LogP contribution in [0.25, 0.3) is 10.8 Å². The minimum Gasteiger partial charge on any atom is -0.462 e. The number of esters is 1. The van der Waals surface area contributed by atoms with Crippen molar-refractivity contribution < 1.29 is 23.5 Å². The Kier molecular flexibility index (Phi) is 5.02. The van der Waals surface area contributed by atoms with Gasteiger partial charge in [-0.3, -0.25) is 14.5 Å². The number of furan rings is 1. The summed E-state index contributed by atoms with van der Waals surface area (Å²) in [5.74, 6) is -1.26. The molecular formula is C21H18N2O5S. The average Bonchev–Trinajstić information content (AvgIpc) is 3.44. The Morgan fingerprint density at radius 1 is 1.14 bits per heavy atom. The van der Waals surface area contributed by atoms with Crippen LogP contribution in [-0.4, -0.2) is 33.7 Å². The largest absolute Gasteiger partial charge is 0.462 e. The summed E-state index contributed by atoms with van der Waals surface area (Å²) in [6.45, 7) is 3.49. The third-order valence-corrected chi connectivity index (χ3v) is 5.53. The van der Waals surface area contributed by atoms with Crippen LogP contribution in [0.4, 0.5) is 0 Å². The number of benzene rings is 1. The summed E-state index contributed by atoms with van der Waals surface area (Å²) in [7, 11) is 0. The van der Waals surface area contributed by atoms with Gasteiger partial charge in [-0.1, -0.05) is 26.0 Å². The molecule has 148 valence electrons. The second-order valence-electron chi connectivity index (χ2n) is 6.94. The van der Waals surface area contributed by atoms with Crippen LogP contribution in [0, 0.1) is 5.92 Å². The van der Waals surface area contributed by atoms with Crippen LogP contribution in [0.2, 0.25) is 0 Å². The number of carbonyl (C=O) groups excluding carboxylic acids is 3. The van der Waals surface area contributed by atoms with Gasteiger partial charge in [-0.2, -0.15) is 0 Å². The quantitative estimate of drug-likeness (QED) is 0.454. The third-order valence-electron chi connectivity index (χ3n) is 4.62. The monoisotopic (exact) mass is 410 g/mol. The molecule has 0 fully saturated rings. The summed E-state index contributed by atoms with van der Waals surface area (Å²) < 4.78 is 10.7. The molecule has 0 spiro atoms. The Balaban J connectivity index is 1.49. The molecular weight excluding hydrogens is 392 g/mol. The summed E-state index contributed by atoms with van der Waals surface area (Å²) in [6.07, 6.45) is 1.56. The zero-order valence-corrected chi connectivity index (χ0v) is 16.6. The lowest BCUT2D eigenvalue weighted by atomic mass is 10.0. The number of amides is 2. The molecule has 1 aliphatic heterocycles. The van der Waals surface area contributed by atoms with Gasteiger partial charge in [-0.25, -0.2) is 9.78 Å². The highest BCUT2D eigenvalue weighted by molar-refractivity contribution is 7.13. The highest BCUT2D eigenvalue weighted by atomic mass is 32.1. The van der Waals surface area contributed by atoms with E-state index in [-0.39, 0.29) is 12.5 Å². The third kappa shape index (κ3) is 3.47. The number of carbonyl (C=O) groups is 3. The maximum Gasteiger partial charge on any atom is 0.330 e. The molecule has 2 amide bonds. The molecule has 0 saturated heterocycles. The summed E-state index contributed by atoms with van der Waals surface area (Å²) in [5, 5.41) is 2.46. The van der Waals surface area contributed by atoms with E-state index in [1.807, 2.05) is 0 Å². The molecule has 0 unspecified atom stereocenters. The van der Waals surface area contributed by atoms with Gasteiger partial charge in [0.05, 0.1) is 23.1 Å². The van der Waals surface area contributed by atoms with Crippen molar-refractivity contribution in [1.29, 1.82) is 0 Å². The van der Waals surface area contributed by atoms with E-state index in [1.165, 1.54) is 11.3 Å². The molecule has 0 saturated carbocycles. The predicted octanol–water partition coefficient (Wildman–Crippen LogP) is 3.77. The Morgan fingerprint density at radius 2 is 1.83 bits per heavy atom. The van der Waals surface area contributed by atoms with Crippen molar-refractivity contribution in [1.82, 2.24) is 9.88 Å². The fourth-order valence-electron chi connectivity index (χ4n) is 3.25. The SMILES string of the molecule is CC(C)[C@H](C(=O)OCc1csc(-c2ccco2)n1)N1C(=O)c2ccccc2C1=O. The van der Waals surface area contributed by atoms with E-state index in [9.17, 15) is 14.4 Å². The maximum absolute atomic E-state index is 12.8. The number of ether oxygens (including phenoxy) is 1. The highest BCUT2D eigenvalue weighted by Gasteiger charge is 2.44. The fraction of sp³-hybridized carbons (Fsp3) is 0.238. The van der Waals surface area contributed by atoms with Gasteiger partial charge in [-0.15, -0.1) is 11.3 Å². The second kappa shape index (κ2) is 7.63. The topological polar surface area (TPSA) is 89.7 Å². The van der Waals surface area contributed by atoms with Gasteiger partial charge in [0, 0.05) is 5.38 Å². The number of hydrogen-bond acceptors (Lipinski definition) is 7. The molecule has 29 heavy (non-hydrogen) atoms. The Morgan fingerprint density at radius 3 is 2.41 bits per heavy atom. The number of nitrogens with zero attached hydrogens (tertiary/aromatic N) is 2. The molecule has 0 N–H and O–H groups in total. The van der Waals surface area contributed by atoms with E-state index in [1.54, 1.807) is 61.9 Å². The minimum atomic E-state index is -1.01. The van der Waals surface area contributed by atoms with Crippen molar-refractivity contribution in [2.24, 2.45) is 5.92 Å². The predicted molar refractivity (Wildman–Crippen MR) is 105 cm³/mol. The lowest BCUT2D eigenvalue weighted by Gasteiger charge is -2.27. The van der Waals surface area contributed by atoms with Crippen molar-refractivity contribution in [3.8, 4) is 10.8 Å². The van der Waals surface area contributed by atoms with E-state index in [0.717, 1.165) is 4.90 Å². The van der Waals surface area contributed by atoms with E-state index < -0.39 is 23.8 Å². The van der Waals surface area contributed by atoms with Gasteiger partial charge in [0.15, 0.2) is 10.8 Å². The van der Waals surface area contributed by atoms with Gasteiger partial charge in [0.2, 0.25) is 0 Å². The van der Waals surface area contributed by atoms with E-state index in [0.29, 0.717) is 27.6 Å². The first-order chi connectivity index (χ1) is 14.0. The van der Waals surface area contributed by atoms with Crippen molar-refractivity contribution in [3.63, 3.8) is 0 Å². The highest BCUT2D eigenvalue weighted by Crippen LogP contribution is 2.28. The smallest absolute Gasteiger partial charge is 0.330 e. The molecule has 1 aliphatic rings. The first kappa shape index (κ1) is 19.1. The zero-order chi connectivity index (χ0) is 20.5. The van der Waals surface area contributed by atoms with Crippen LogP contribution in [0.3, 0.4) is 0 Å². The first-order valence-electron chi connectivity index (χ1n) is 9.09. The molecule has 1 atom stereocenters. The van der Waals surface area contributed by atoms with Gasteiger partial charge in [0.1, 0.15) is 12.6 Å². The van der Waals surface area contributed by atoms with Gasteiger partial charge >= 0.3 is 5.97 Å². The molecule has 1 aromatic carbocycles. The van der Waals surface area contributed by atoms with Crippen molar-refractivity contribution >= 4 is 29.1 Å². The van der Waals surface area contributed by atoms with Crippen LogP contribution in [0.1, 0.15) is 40.3 Å². The molecule has 8 heteroatoms. The standard InChI is InChI=1S/C21H18N2O5S/c1-12(2)17(23-19(24)14-6-3-4-7-15(14)20(23)25)21(26)28-10-13-11-29-18(22-13)16-8-5-9-27-16/h3-9,11-12,17H,10H2,1-2H3/t17-/m1/s1. The van der Waals surface area contributed by atoms with Gasteiger partial charge in [-0.05, 0) is 30.2 Å². The fourth-order valence-corrected chi connectivity index (χ4v) is 4.02. The number of aromatic nitrogens is 1. The minimum absolute atomic E-state index is 0.0531. The molecule has 3 aromatic rings. The Labute approximate surface area is 170 Å². The van der Waals surface area contributed by atoms with Crippen LogP contribution in [-0.2, 0) is 16.1 Å². The Bertz CT molecular complexity index is 1040. The van der Waals surface area contributed by atoms with Crippen LogP contribution >= 0.6 is 11.3 Å². The lowest BCUT2D eigenvalue weighted by molar-refractivity contribution is -0.151. The number of imide groups is 1. The zero-order valence-electron chi connectivity index (χ0n) is 15.8. The molecule has 4 rings (SSSR count). The molecule has 2 aromatic heterocycles. The van der Waals surface area contributed by atoms with Crippen molar-refractivity contribution in [2.45, 2.75) is 26.5 Å².